The SMILES string of the molecule is Cc1ccc(OC(F)C(F)(F)F)cc1. The van der Waals surface area contributed by atoms with Gasteiger partial charge in [-0.1, -0.05) is 17.7 Å². The van der Waals surface area contributed by atoms with Crippen molar-refractivity contribution in [1.82, 2.24) is 0 Å². The van der Waals surface area contributed by atoms with E-state index in [9.17, 15) is 17.6 Å². The number of hydrogen-bond donors (Lipinski definition) is 0. The van der Waals surface area contributed by atoms with Crippen molar-refractivity contribution in [2.75, 3.05) is 0 Å². The number of alkyl halides is 4. The predicted molar refractivity (Wildman–Crippen MR) is 42.8 cm³/mol. The maximum absolute atomic E-state index is 12.3. The lowest BCUT2D eigenvalue weighted by molar-refractivity contribution is -0.236. The molecule has 0 N–H and O–H groups in total. The van der Waals surface area contributed by atoms with Crippen molar-refractivity contribution < 1.29 is 22.3 Å². The molecule has 1 nitrogen and oxygen atoms in total. The number of rotatable bonds is 2. The number of benzene rings is 1. The summed E-state index contributed by atoms with van der Waals surface area (Å²) in [6.07, 6.45) is -8.25. The van der Waals surface area contributed by atoms with Crippen LogP contribution in [0.5, 0.6) is 5.75 Å². The molecule has 0 aliphatic carbocycles. The highest BCUT2D eigenvalue weighted by Crippen LogP contribution is 2.25. The van der Waals surface area contributed by atoms with Crippen molar-refractivity contribution in [3.05, 3.63) is 29.8 Å². The minimum Gasteiger partial charge on any atom is -0.452 e. The lowest BCUT2D eigenvalue weighted by Gasteiger charge is -2.13. The second kappa shape index (κ2) is 3.86. The van der Waals surface area contributed by atoms with Gasteiger partial charge >= 0.3 is 12.5 Å². The van der Waals surface area contributed by atoms with Crippen LogP contribution in [0.25, 0.3) is 0 Å². The molecule has 0 fully saturated rings. The van der Waals surface area contributed by atoms with Gasteiger partial charge in [-0.15, -0.1) is 0 Å². The Labute approximate surface area is 78.3 Å². The van der Waals surface area contributed by atoms with Gasteiger partial charge in [-0.05, 0) is 19.1 Å². The van der Waals surface area contributed by atoms with Crippen LogP contribution < -0.4 is 4.74 Å². The van der Waals surface area contributed by atoms with Gasteiger partial charge in [-0.25, -0.2) is 0 Å². The van der Waals surface area contributed by atoms with Crippen molar-refractivity contribution in [3.63, 3.8) is 0 Å². The first kappa shape index (κ1) is 10.8. The monoisotopic (exact) mass is 208 g/mol. The van der Waals surface area contributed by atoms with Crippen LogP contribution in [0.4, 0.5) is 17.6 Å². The Bertz CT molecular complexity index is 291. The van der Waals surface area contributed by atoms with Gasteiger partial charge < -0.3 is 4.74 Å². The third-order valence-electron chi connectivity index (χ3n) is 1.52. The molecule has 1 atom stereocenters. The fourth-order valence-electron chi connectivity index (χ4n) is 0.803. The van der Waals surface area contributed by atoms with E-state index in [-0.39, 0.29) is 5.75 Å². The molecule has 1 aromatic carbocycles. The predicted octanol–water partition coefficient (Wildman–Crippen LogP) is 3.23. The Morgan fingerprint density at radius 2 is 1.64 bits per heavy atom. The molecule has 0 aromatic heterocycles. The molecule has 14 heavy (non-hydrogen) atoms. The molecule has 0 amide bonds. The van der Waals surface area contributed by atoms with E-state index in [1.54, 1.807) is 19.1 Å². The number of hydrogen-bond acceptors (Lipinski definition) is 1. The van der Waals surface area contributed by atoms with Gasteiger partial charge in [0.25, 0.3) is 0 Å². The van der Waals surface area contributed by atoms with Gasteiger partial charge in [0.1, 0.15) is 5.75 Å². The topological polar surface area (TPSA) is 9.23 Å². The minimum absolute atomic E-state index is 0.138. The summed E-state index contributed by atoms with van der Waals surface area (Å²) >= 11 is 0. The molecule has 0 aliphatic heterocycles. The van der Waals surface area contributed by atoms with E-state index in [1.165, 1.54) is 12.1 Å². The highest BCUT2D eigenvalue weighted by atomic mass is 19.4. The second-order valence-electron chi connectivity index (χ2n) is 2.79. The third kappa shape index (κ3) is 2.90. The summed E-state index contributed by atoms with van der Waals surface area (Å²) in [6, 6.07) is 5.65. The Morgan fingerprint density at radius 1 is 1.14 bits per heavy atom. The first-order valence-corrected chi connectivity index (χ1v) is 3.84. The minimum atomic E-state index is -4.98. The fraction of sp³-hybridized carbons (Fsp3) is 0.333. The van der Waals surface area contributed by atoms with E-state index in [0.29, 0.717) is 0 Å². The Morgan fingerprint density at radius 3 is 2.07 bits per heavy atom. The summed E-state index contributed by atoms with van der Waals surface area (Å²) in [5, 5.41) is 0. The maximum atomic E-state index is 12.3. The molecular formula is C9H8F4O. The van der Waals surface area contributed by atoms with E-state index in [2.05, 4.69) is 4.74 Å². The Balaban J connectivity index is 2.65. The zero-order valence-electron chi connectivity index (χ0n) is 7.31. The molecule has 0 saturated carbocycles. The van der Waals surface area contributed by atoms with E-state index in [1.807, 2.05) is 0 Å². The molecule has 0 saturated heterocycles. The summed E-state index contributed by atoms with van der Waals surface area (Å²) in [4.78, 5) is 0. The normalized spacial score (nSPS) is 13.8. The van der Waals surface area contributed by atoms with Gasteiger partial charge in [-0.2, -0.15) is 17.6 Å². The van der Waals surface area contributed by atoms with Crippen molar-refractivity contribution in [1.29, 1.82) is 0 Å². The first-order chi connectivity index (χ1) is 6.39. The van der Waals surface area contributed by atoms with Crippen LogP contribution >= 0.6 is 0 Å². The van der Waals surface area contributed by atoms with Crippen LogP contribution in [-0.4, -0.2) is 12.5 Å². The largest absolute Gasteiger partial charge is 0.457 e. The van der Waals surface area contributed by atoms with Crippen molar-refractivity contribution >= 4 is 0 Å². The molecule has 0 aliphatic rings. The quantitative estimate of drug-likeness (QED) is 0.678. The van der Waals surface area contributed by atoms with Gasteiger partial charge in [-0.3, -0.25) is 0 Å². The highest BCUT2D eigenvalue weighted by molar-refractivity contribution is 5.26. The van der Waals surface area contributed by atoms with E-state index >= 15 is 0 Å². The summed E-state index contributed by atoms with van der Waals surface area (Å²) < 4.78 is 51.5. The van der Waals surface area contributed by atoms with Crippen LogP contribution in [0.2, 0.25) is 0 Å². The lowest BCUT2D eigenvalue weighted by atomic mass is 10.2. The summed E-state index contributed by atoms with van der Waals surface area (Å²) in [5.74, 6) is -0.138. The van der Waals surface area contributed by atoms with Crippen LogP contribution in [0.15, 0.2) is 24.3 Å². The zero-order valence-corrected chi connectivity index (χ0v) is 7.31. The third-order valence-corrected chi connectivity index (χ3v) is 1.52. The van der Waals surface area contributed by atoms with Crippen LogP contribution in [0, 0.1) is 6.92 Å². The van der Waals surface area contributed by atoms with Gasteiger partial charge in [0, 0.05) is 0 Å². The Kier molecular flexibility index (Phi) is 2.98. The highest BCUT2D eigenvalue weighted by Gasteiger charge is 2.42. The molecule has 5 heteroatoms. The van der Waals surface area contributed by atoms with Gasteiger partial charge in [0.2, 0.25) is 0 Å². The van der Waals surface area contributed by atoms with Crippen LogP contribution in [0.3, 0.4) is 0 Å². The smallest absolute Gasteiger partial charge is 0.452 e. The molecule has 1 rings (SSSR count). The number of aryl methyl sites for hydroxylation is 1. The zero-order chi connectivity index (χ0) is 10.8. The maximum Gasteiger partial charge on any atom is 0.457 e. The first-order valence-electron chi connectivity index (χ1n) is 3.84. The summed E-state index contributed by atoms with van der Waals surface area (Å²) in [6.45, 7) is 1.76. The molecule has 0 heterocycles. The number of halogens is 4. The summed E-state index contributed by atoms with van der Waals surface area (Å²) in [5.41, 5.74) is 0.861. The molecule has 78 valence electrons. The average Bonchev–Trinajstić information content (AvgIpc) is 2.07. The molecule has 1 aromatic rings. The Hall–Kier alpha value is -1.26. The standard InChI is InChI=1S/C9H8F4O/c1-6-2-4-7(5-3-6)14-8(10)9(11,12)13/h2-5,8H,1H3. The van der Waals surface area contributed by atoms with Crippen molar-refractivity contribution in [3.8, 4) is 5.75 Å². The fourth-order valence-corrected chi connectivity index (χ4v) is 0.803. The average molecular weight is 208 g/mol. The summed E-state index contributed by atoms with van der Waals surface area (Å²) in [7, 11) is 0. The lowest BCUT2D eigenvalue weighted by Crippen LogP contribution is -2.29. The van der Waals surface area contributed by atoms with Crippen molar-refractivity contribution in [2.24, 2.45) is 0 Å². The van der Waals surface area contributed by atoms with Crippen LogP contribution in [0.1, 0.15) is 5.56 Å². The van der Waals surface area contributed by atoms with Crippen molar-refractivity contribution in [2.45, 2.75) is 19.5 Å². The van der Waals surface area contributed by atoms with E-state index in [4.69, 9.17) is 0 Å². The second-order valence-corrected chi connectivity index (χ2v) is 2.79. The molecule has 0 radical (unpaired) electrons. The molecule has 0 spiro atoms. The van der Waals surface area contributed by atoms with Gasteiger partial charge in [0.15, 0.2) is 0 Å². The molecule has 0 bridgehead atoms. The number of ether oxygens (including phenoxy) is 1. The molecule has 1 unspecified atom stereocenters. The molecular weight excluding hydrogens is 200 g/mol. The van der Waals surface area contributed by atoms with E-state index < -0.39 is 12.5 Å². The van der Waals surface area contributed by atoms with Gasteiger partial charge in [0.05, 0.1) is 0 Å². The van der Waals surface area contributed by atoms with Crippen LogP contribution in [-0.2, 0) is 0 Å². The van der Waals surface area contributed by atoms with E-state index in [0.717, 1.165) is 5.56 Å².